The second-order valence-corrected chi connectivity index (χ2v) is 5.51. The summed E-state index contributed by atoms with van der Waals surface area (Å²) in [5.74, 6) is 0. The van der Waals surface area contributed by atoms with Crippen molar-refractivity contribution < 1.29 is 5.11 Å². The smallest absolute Gasteiger partial charge is 0.0555 e. The van der Waals surface area contributed by atoms with Crippen LogP contribution in [0.4, 0.5) is 0 Å². The molecular formula is C14H29NO. The molecule has 0 aromatic heterocycles. The SMILES string of the molecule is CCCCCN(C(C)C)C1CCCC(O)C1. The molecule has 96 valence electrons. The quantitative estimate of drug-likeness (QED) is 0.704. The molecule has 0 aromatic rings. The zero-order chi connectivity index (χ0) is 12.0. The first-order valence-corrected chi connectivity index (χ1v) is 7.09. The van der Waals surface area contributed by atoms with Gasteiger partial charge in [-0.05, 0) is 52.5 Å². The van der Waals surface area contributed by atoms with Crippen molar-refractivity contribution >= 4 is 0 Å². The maximum Gasteiger partial charge on any atom is 0.0555 e. The van der Waals surface area contributed by atoms with E-state index < -0.39 is 0 Å². The first kappa shape index (κ1) is 14.0. The highest BCUT2D eigenvalue weighted by molar-refractivity contribution is 4.81. The van der Waals surface area contributed by atoms with Gasteiger partial charge >= 0.3 is 0 Å². The van der Waals surface area contributed by atoms with Crippen LogP contribution in [0.3, 0.4) is 0 Å². The monoisotopic (exact) mass is 227 g/mol. The molecular weight excluding hydrogens is 198 g/mol. The lowest BCUT2D eigenvalue weighted by Crippen LogP contribution is -2.44. The van der Waals surface area contributed by atoms with Gasteiger partial charge in [0.15, 0.2) is 0 Å². The van der Waals surface area contributed by atoms with E-state index in [1.807, 2.05) is 0 Å². The van der Waals surface area contributed by atoms with Crippen LogP contribution >= 0.6 is 0 Å². The zero-order valence-electron chi connectivity index (χ0n) is 11.3. The minimum absolute atomic E-state index is 0.0498. The van der Waals surface area contributed by atoms with Gasteiger partial charge < -0.3 is 5.11 Å². The van der Waals surface area contributed by atoms with Crippen molar-refractivity contribution in [3.8, 4) is 0 Å². The molecule has 0 bridgehead atoms. The van der Waals surface area contributed by atoms with Crippen LogP contribution < -0.4 is 0 Å². The Morgan fingerprint density at radius 1 is 1.25 bits per heavy atom. The summed E-state index contributed by atoms with van der Waals surface area (Å²) in [5.41, 5.74) is 0. The third-order valence-electron chi connectivity index (χ3n) is 3.77. The van der Waals surface area contributed by atoms with Crippen LogP contribution in [0, 0.1) is 0 Å². The highest BCUT2D eigenvalue weighted by atomic mass is 16.3. The number of unbranched alkanes of at least 4 members (excludes halogenated alkanes) is 2. The first-order chi connectivity index (χ1) is 7.65. The van der Waals surface area contributed by atoms with E-state index in [2.05, 4.69) is 25.7 Å². The third-order valence-corrected chi connectivity index (χ3v) is 3.77. The van der Waals surface area contributed by atoms with Crippen LogP contribution in [0.2, 0.25) is 0 Å². The van der Waals surface area contributed by atoms with Crippen LogP contribution in [0.1, 0.15) is 65.7 Å². The maximum atomic E-state index is 9.76. The molecule has 1 aliphatic carbocycles. The second-order valence-electron chi connectivity index (χ2n) is 5.51. The van der Waals surface area contributed by atoms with Gasteiger partial charge in [0.1, 0.15) is 0 Å². The van der Waals surface area contributed by atoms with E-state index >= 15 is 0 Å². The van der Waals surface area contributed by atoms with E-state index in [9.17, 15) is 5.11 Å². The summed E-state index contributed by atoms with van der Waals surface area (Å²) in [7, 11) is 0. The predicted octanol–water partition coefficient (Wildman–Crippen LogP) is 3.19. The Morgan fingerprint density at radius 3 is 2.56 bits per heavy atom. The molecule has 0 spiro atoms. The van der Waals surface area contributed by atoms with Crippen LogP contribution in [0.25, 0.3) is 0 Å². The van der Waals surface area contributed by atoms with Crippen molar-refractivity contribution in [2.45, 2.75) is 83.9 Å². The minimum atomic E-state index is -0.0498. The van der Waals surface area contributed by atoms with E-state index in [1.165, 1.54) is 38.6 Å². The third kappa shape index (κ3) is 4.42. The Kier molecular flexibility index (Phi) is 6.37. The zero-order valence-corrected chi connectivity index (χ0v) is 11.3. The maximum absolute atomic E-state index is 9.76. The molecule has 0 aliphatic heterocycles. The van der Waals surface area contributed by atoms with Gasteiger partial charge in [-0.2, -0.15) is 0 Å². The number of nitrogens with zero attached hydrogens (tertiary/aromatic N) is 1. The molecule has 0 radical (unpaired) electrons. The summed E-state index contributed by atoms with van der Waals surface area (Å²) in [6.45, 7) is 8.03. The van der Waals surface area contributed by atoms with Crippen molar-refractivity contribution in [3.63, 3.8) is 0 Å². The molecule has 2 unspecified atom stereocenters. The van der Waals surface area contributed by atoms with Crippen molar-refractivity contribution in [2.75, 3.05) is 6.54 Å². The first-order valence-electron chi connectivity index (χ1n) is 7.09. The number of rotatable bonds is 6. The molecule has 2 atom stereocenters. The van der Waals surface area contributed by atoms with Crippen LogP contribution in [0.5, 0.6) is 0 Å². The Morgan fingerprint density at radius 2 is 2.00 bits per heavy atom. The van der Waals surface area contributed by atoms with E-state index in [4.69, 9.17) is 0 Å². The topological polar surface area (TPSA) is 23.5 Å². The highest BCUT2D eigenvalue weighted by Gasteiger charge is 2.26. The summed E-state index contributed by atoms with van der Waals surface area (Å²) >= 11 is 0. The Labute approximate surface area is 101 Å². The number of aliphatic hydroxyl groups is 1. The van der Waals surface area contributed by atoms with E-state index in [1.54, 1.807) is 0 Å². The van der Waals surface area contributed by atoms with Gasteiger partial charge in [-0.15, -0.1) is 0 Å². The standard InChI is InChI=1S/C14H29NO/c1-4-5-6-10-15(12(2)3)13-8-7-9-14(16)11-13/h12-14,16H,4-11H2,1-3H3. The molecule has 0 aromatic carbocycles. The average molecular weight is 227 g/mol. The second kappa shape index (κ2) is 7.29. The van der Waals surface area contributed by atoms with Gasteiger partial charge in [-0.3, -0.25) is 4.90 Å². The number of hydrogen-bond donors (Lipinski definition) is 1. The predicted molar refractivity (Wildman–Crippen MR) is 69.6 cm³/mol. The van der Waals surface area contributed by atoms with E-state index in [0.717, 1.165) is 12.8 Å². The summed E-state index contributed by atoms with van der Waals surface area (Å²) in [5, 5.41) is 9.76. The normalized spacial score (nSPS) is 26.6. The van der Waals surface area contributed by atoms with Gasteiger partial charge in [-0.25, -0.2) is 0 Å². The van der Waals surface area contributed by atoms with Crippen molar-refractivity contribution in [2.24, 2.45) is 0 Å². The van der Waals surface area contributed by atoms with Crippen molar-refractivity contribution in [1.29, 1.82) is 0 Å². The van der Waals surface area contributed by atoms with Gasteiger partial charge in [0.25, 0.3) is 0 Å². The van der Waals surface area contributed by atoms with Crippen molar-refractivity contribution in [3.05, 3.63) is 0 Å². The van der Waals surface area contributed by atoms with Gasteiger partial charge in [-0.1, -0.05) is 19.8 Å². The number of aliphatic hydroxyl groups excluding tert-OH is 1. The lowest BCUT2D eigenvalue weighted by molar-refractivity contribution is 0.0464. The summed E-state index contributed by atoms with van der Waals surface area (Å²) in [4.78, 5) is 2.61. The fourth-order valence-corrected chi connectivity index (χ4v) is 2.85. The summed E-state index contributed by atoms with van der Waals surface area (Å²) in [6.07, 6.45) is 8.36. The largest absolute Gasteiger partial charge is 0.393 e. The Bertz CT molecular complexity index is 182. The Hall–Kier alpha value is -0.0800. The highest BCUT2D eigenvalue weighted by Crippen LogP contribution is 2.25. The lowest BCUT2D eigenvalue weighted by Gasteiger charge is -2.38. The van der Waals surface area contributed by atoms with Gasteiger partial charge in [0, 0.05) is 12.1 Å². The lowest BCUT2D eigenvalue weighted by atomic mass is 9.91. The summed E-state index contributed by atoms with van der Waals surface area (Å²) in [6, 6.07) is 1.24. The molecule has 1 fully saturated rings. The minimum Gasteiger partial charge on any atom is -0.393 e. The van der Waals surface area contributed by atoms with Gasteiger partial charge in [0.05, 0.1) is 6.10 Å². The van der Waals surface area contributed by atoms with Gasteiger partial charge in [0.2, 0.25) is 0 Å². The molecule has 0 heterocycles. The molecule has 16 heavy (non-hydrogen) atoms. The molecule has 0 amide bonds. The van der Waals surface area contributed by atoms with Crippen LogP contribution in [-0.4, -0.2) is 34.7 Å². The fourth-order valence-electron chi connectivity index (χ4n) is 2.85. The molecule has 0 saturated heterocycles. The molecule has 1 saturated carbocycles. The average Bonchev–Trinajstić information content (AvgIpc) is 2.24. The summed E-state index contributed by atoms with van der Waals surface area (Å²) < 4.78 is 0. The van der Waals surface area contributed by atoms with E-state index in [0.29, 0.717) is 12.1 Å². The number of hydrogen-bond acceptors (Lipinski definition) is 2. The molecule has 2 heteroatoms. The molecule has 2 nitrogen and oxygen atoms in total. The van der Waals surface area contributed by atoms with E-state index in [-0.39, 0.29) is 6.10 Å². The molecule has 1 N–H and O–H groups in total. The molecule has 1 aliphatic rings. The van der Waals surface area contributed by atoms with Crippen LogP contribution in [0.15, 0.2) is 0 Å². The van der Waals surface area contributed by atoms with Crippen molar-refractivity contribution in [1.82, 2.24) is 4.90 Å². The fraction of sp³-hybridized carbons (Fsp3) is 1.00. The van der Waals surface area contributed by atoms with Crippen LogP contribution in [-0.2, 0) is 0 Å². The molecule has 1 rings (SSSR count). The Balaban J connectivity index is 2.41.